The lowest BCUT2D eigenvalue weighted by Gasteiger charge is -2.02. The van der Waals surface area contributed by atoms with Crippen LogP contribution in [0.3, 0.4) is 0 Å². The molecule has 0 unspecified atom stereocenters. The van der Waals surface area contributed by atoms with E-state index in [4.69, 9.17) is 5.11 Å². The SMILES string of the molecule is C/C=C(/CO)Cc1ccccc1. The third-order valence-electron chi connectivity index (χ3n) is 1.89. The van der Waals surface area contributed by atoms with Crippen LogP contribution in [-0.4, -0.2) is 11.7 Å². The van der Waals surface area contributed by atoms with Gasteiger partial charge in [0, 0.05) is 0 Å². The Hall–Kier alpha value is -1.08. The van der Waals surface area contributed by atoms with Gasteiger partial charge < -0.3 is 5.11 Å². The molecule has 0 amide bonds. The van der Waals surface area contributed by atoms with Crippen molar-refractivity contribution in [2.75, 3.05) is 6.61 Å². The summed E-state index contributed by atoms with van der Waals surface area (Å²) in [5.74, 6) is 0. The molecule has 0 bridgehead atoms. The molecule has 0 spiro atoms. The summed E-state index contributed by atoms with van der Waals surface area (Å²) < 4.78 is 0. The first-order valence-electron chi connectivity index (χ1n) is 4.15. The molecule has 1 nitrogen and oxygen atoms in total. The summed E-state index contributed by atoms with van der Waals surface area (Å²) in [5, 5.41) is 8.92. The number of aliphatic hydroxyl groups excluding tert-OH is 1. The third-order valence-corrected chi connectivity index (χ3v) is 1.89. The molecule has 0 saturated carbocycles. The third kappa shape index (κ3) is 2.51. The van der Waals surface area contributed by atoms with Crippen LogP contribution in [0.2, 0.25) is 0 Å². The van der Waals surface area contributed by atoms with E-state index in [-0.39, 0.29) is 6.61 Å². The summed E-state index contributed by atoms with van der Waals surface area (Å²) in [6, 6.07) is 10.2. The Balaban J connectivity index is 2.64. The zero-order valence-corrected chi connectivity index (χ0v) is 7.33. The minimum atomic E-state index is 0.158. The molecule has 0 atom stereocenters. The van der Waals surface area contributed by atoms with E-state index in [1.165, 1.54) is 5.56 Å². The largest absolute Gasteiger partial charge is 0.392 e. The number of hydrogen-bond donors (Lipinski definition) is 1. The van der Waals surface area contributed by atoms with Crippen molar-refractivity contribution in [2.24, 2.45) is 0 Å². The number of aliphatic hydroxyl groups is 1. The van der Waals surface area contributed by atoms with Crippen LogP contribution in [0.1, 0.15) is 12.5 Å². The lowest BCUT2D eigenvalue weighted by molar-refractivity contribution is 0.328. The van der Waals surface area contributed by atoms with Crippen molar-refractivity contribution in [3.05, 3.63) is 47.5 Å². The minimum absolute atomic E-state index is 0.158. The predicted octanol–water partition coefficient (Wildman–Crippen LogP) is 2.17. The van der Waals surface area contributed by atoms with Gasteiger partial charge in [-0.1, -0.05) is 36.4 Å². The van der Waals surface area contributed by atoms with Gasteiger partial charge in [-0.25, -0.2) is 0 Å². The van der Waals surface area contributed by atoms with Crippen molar-refractivity contribution < 1.29 is 5.11 Å². The van der Waals surface area contributed by atoms with Gasteiger partial charge >= 0.3 is 0 Å². The highest BCUT2D eigenvalue weighted by atomic mass is 16.3. The van der Waals surface area contributed by atoms with Crippen LogP contribution >= 0.6 is 0 Å². The standard InChI is InChI=1S/C11H14O/c1-2-10(9-12)8-11-6-4-3-5-7-11/h2-7,12H,8-9H2,1H3/b10-2+. The Morgan fingerprint density at radius 2 is 2.00 bits per heavy atom. The maximum atomic E-state index is 8.92. The first-order chi connectivity index (χ1) is 5.86. The van der Waals surface area contributed by atoms with Crippen LogP contribution in [0.15, 0.2) is 42.0 Å². The fourth-order valence-electron chi connectivity index (χ4n) is 1.11. The van der Waals surface area contributed by atoms with Crippen molar-refractivity contribution in [1.29, 1.82) is 0 Å². The Labute approximate surface area is 73.4 Å². The molecule has 0 aliphatic rings. The van der Waals surface area contributed by atoms with Gasteiger partial charge in [-0.2, -0.15) is 0 Å². The molecule has 0 heterocycles. The topological polar surface area (TPSA) is 20.2 Å². The fourth-order valence-corrected chi connectivity index (χ4v) is 1.11. The van der Waals surface area contributed by atoms with E-state index >= 15 is 0 Å². The van der Waals surface area contributed by atoms with Crippen LogP contribution < -0.4 is 0 Å². The number of benzene rings is 1. The first-order valence-corrected chi connectivity index (χ1v) is 4.15. The van der Waals surface area contributed by atoms with E-state index in [1.807, 2.05) is 31.2 Å². The monoisotopic (exact) mass is 162 g/mol. The van der Waals surface area contributed by atoms with E-state index in [0.29, 0.717) is 0 Å². The molecule has 1 aromatic rings. The number of allylic oxidation sites excluding steroid dienone is 1. The normalized spacial score (nSPS) is 11.7. The molecule has 0 aromatic heterocycles. The summed E-state index contributed by atoms with van der Waals surface area (Å²) in [4.78, 5) is 0. The second kappa shape index (κ2) is 4.73. The molecule has 1 aromatic carbocycles. The van der Waals surface area contributed by atoms with E-state index < -0.39 is 0 Å². The maximum Gasteiger partial charge on any atom is 0.0644 e. The van der Waals surface area contributed by atoms with Crippen LogP contribution in [0.4, 0.5) is 0 Å². The van der Waals surface area contributed by atoms with E-state index in [2.05, 4.69) is 12.1 Å². The fraction of sp³-hybridized carbons (Fsp3) is 0.273. The van der Waals surface area contributed by atoms with Gasteiger partial charge in [0.2, 0.25) is 0 Å². The van der Waals surface area contributed by atoms with Gasteiger partial charge in [-0.05, 0) is 24.5 Å². The highest BCUT2D eigenvalue weighted by molar-refractivity contribution is 5.21. The molecule has 0 aliphatic carbocycles. The molecule has 1 N–H and O–H groups in total. The van der Waals surface area contributed by atoms with Crippen LogP contribution in [0.5, 0.6) is 0 Å². The van der Waals surface area contributed by atoms with E-state index in [9.17, 15) is 0 Å². The quantitative estimate of drug-likeness (QED) is 0.675. The smallest absolute Gasteiger partial charge is 0.0644 e. The molecule has 1 rings (SSSR count). The second-order valence-electron chi connectivity index (χ2n) is 2.77. The molecule has 12 heavy (non-hydrogen) atoms. The van der Waals surface area contributed by atoms with Crippen LogP contribution in [-0.2, 0) is 6.42 Å². The number of hydrogen-bond acceptors (Lipinski definition) is 1. The van der Waals surface area contributed by atoms with Gasteiger partial charge in [0.1, 0.15) is 0 Å². The minimum Gasteiger partial charge on any atom is -0.392 e. The predicted molar refractivity (Wildman–Crippen MR) is 51.0 cm³/mol. The molecule has 64 valence electrons. The van der Waals surface area contributed by atoms with Gasteiger partial charge in [-0.15, -0.1) is 0 Å². The zero-order valence-electron chi connectivity index (χ0n) is 7.33. The molecule has 0 radical (unpaired) electrons. The lowest BCUT2D eigenvalue weighted by atomic mass is 10.1. The average Bonchev–Trinajstić information content (AvgIpc) is 2.16. The van der Waals surface area contributed by atoms with Crippen LogP contribution in [0, 0.1) is 0 Å². The lowest BCUT2D eigenvalue weighted by Crippen LogP contribution is -1.94. The molecular weight excluding hydrogens is 148 g/mol. The van der Waals surface area contributed by atoms with Gasteiger partial charge in [0.15, 0.2) is 0 Å². The zero-order chi connectivity index (χ0) is 8.81. The Kier molecular flexibility index (Phi) is 3.55. The highest BCUT2D eigenvalue weighted by Gasteiger charge is 1.95. The van der Waals surface area contributed by atoms with Crippen LogP contribution in [0.25, 0.3) is 0 Å². The first kappa shape index (κ1) is 9.01. The van der Waals surface area contributed by atoms with Crippen molar-refractivity contribution in [1.82, 2.24) is 0 Å². The summed E-state index contributed by atoms with van der Waals surface area (Å²) in [7, 11) is 0. The van der Waals surface area contributed by atoms with E-state index in [1.54, 1.807) is 0 Å². The number of rotatable bonds is 3. The summed E-state index contributed by atoms with van der Waals surface area (Å²) >= 11 is 0. The summed E-state index contributed by atoms with van der Waals surface area (Å²) in [6.07, 6.45) is 2.82. The molecular formula is C11H14O. The highest BCUT2D eigenvalue weighted by Crippen LogP contribution is 2.06. The Bertz CT molecular complexity index is 249. The second-order valence-corrected chi connectivity index (χ2v) is 2.77. The Morgan fingerprint density at radius 3 is 2.50 bits per heavy atom. The average molecular weight is 162 g/mol. The van der Waals surface area contributed by atoms with Gasteiger partial charge in [0.05, 0.1) is 6.61 Å². The van der Waals surface area contributed by atoms with Crippen molar-refractivity contribution >= 4 is 0 Å². The van der Waals surface area contributed by atoms with Gasteiger partial charge in [-0.3, -0.25) is 0 Å². The summed E-state index contributed by atoms with van der Waals surface area (Å²) in [6.45, 7) is 2.11. The maximum absolute atomic E-state index is 8.92. The van der Waals surface area contributed by atoms with E-state index in [0.717, 1.165) is 12.0 Å². The molecule has 1 heteroatoms. The van der Waals surface area contributed by atoms with Crippen molar-refractivity contribution in [2.45, 2.75) is 13.3 Å². The molecule has 0 saturated heterocycles. The Morgan fingerprint density at radius 1 is 1.33 bits per heavy atom. The molecule has 0 aliphatic heterocycles. The molecule has 0 fully saturated rings. The van der Waals surface area contributed by atoms with Crippen molar-refractivity contribution in [3.63, 3.8) is 0 Å². The summed E-state index contributed by atoms with van der Waals surface area (Å²) in [5.41, 5.74) is 2.32. The van der Waals surface area contributed by atoms with Crippen molar-refractivity contribution in [3.8, 4) is 0 Å². The van der Waals surface area contributed by atoms with Gasteiger partial charge in [0.25, 0.3) is 0 Å².